The number of halogens is 1. The highest BCUT2D eigenvalue weighted by Gasteiger charge is 2.19. The minimum atomic E-state index is 0.272. The first kappa shape index (κ1) is 24.7. The summed E-state index contributed by atoms with van der Waals surface area (Å²) in [7, 11) is 3.16. The topological polar surface area (TPSA) is 55.2 Å². The molecule has 1 unspecified atom stereocenters. The second kappa shape index (κ2) is 12.3. The molecule has 1 aromatic carbocycles. The Kier molecular flexibility index (Phi) is 9.84. The number of nitrogens with one attached hydrogen (secondary N) is 1. The first-order valence-electron chi connectivity index (χ1n) is 10.5. The smallest absolute Gasteiger partial charge is 0.142 e. The summed E-state index contributed by atoms with van der Waals surface area (Å²) in [5.41, 5.74) is 3.06. The van der Waals surface area contributed by atoms with Gasteiger partial charge in [-0.3, -0.25) is 10.3 Å². The summed E-state index contributed by atoms with van der Waals surface area (Å²) in [5.74, 6) is 7.76. The van der Waals surface area contributed by atoms with Gasteiger partial charge in [-0.1, -0.05) is 49.9 Å². The molecule has 1 aromatic rings. The van der Waals surface area contributed by atoms with E-state index in [9.17, 15) is 0 Å². The van der Waals surface area contributed by atoms with Crippen LogP contribution in [0.3, 0.4) is 0 Å². The molecular formula is C25H32ClN3O2. The molecule has 5 nitrogen and oxygen atoms in total. The third-order valence-corrected chi connectivity index (χ3v) is 5.56. The maximum Gasteiger partial charge on any atom is 0.142 e. The highest BCUT2D eigenvalue weighted by Crippen LogP contribution is 2.32. The van der Waals surface area contributed by atoms with Gasteiger partial charge in [-0.05, 0) is 43.7 Å². The van der Waals surface area contributed by atoms with Gasteiger partial charge < -0.3 is 9.47 Å². The van der Waals surface area contributed by atoms with Crippen LogP contribution in [0.2, 0.25) is 5.02 Å². The molecule has 0 spiro atoms. The van der Waals surface area contributed by atoms with Gasteiger partial charge >= 0.3 is 0 Å². The third kappa shape index (κ3) is 7.27. The molecule has 2 rings (SSSR count). The van der Waals surface area contributed by atoms with Crippen LogP contribution >= 0.6 is 11.6 Å². The molecule has 1 aliphatic rings. The molecular weight excluding hydrogens is 410 g/mol. The average Bonchev–Trinajstić information content (AvgIpc) is 3.61. The predicted octanol–water partition coefficient (Wildman–Crippen LogP) is 5.44. The van der Waals surface area contributed by atoms with E-state index in [0.717, 1.165) is 23.3 Å². The fourth-order valence-corrected chi connectivity index (χ4v) is 2.98. The van der Waals surface area contributed by atoms with E-state index in [4.69, 9.17) is 21.1 Å². The van der Waals surface area contributed by atoms with Crippen molar-refractivity contribution in [3.05, 3.63) is 46.5 Å². The number of benzene rings is 1. The zero-order valence-electron chi connectivity index (χ0n) is 19.1. The summed E-state index contributed by atoms with van der Waals surface area (Å²) < 4.78 is 10.7. The molecule has 1 aliphatic carbocycles. The van der Waals surface area contributed by atoms with Gasteiger partial charge in [0.1, 0.15) is 17.8 Å². The molecule has 1 saturated carbocycles. The largest absolute Gasteiger partial charge is 0.497 e. The standard InChI is InChI=1S/C25H32ClN3O2/c1-7-17(3)18(4)25(29-16-27-15-28-21-11-12-21)19(8-2)9-10-20-13-22(30-5)14-23(31-6)24(20)26/h8,13-14,16-17,21,28H,4,7,11-12,15H2,1-3,5-6H3/b19-8-,27-16?,29-25?. The number of hydrogen-bond acceptors (Lipinski definition) is 4. The van der Waals surface area contributed by atoms with Crippen LogP contribution < -0.4 is 14.8 Å². The molecule has 6 heteroatoms. The summed E-state index contributed by atoms with van der Waals surface area (Å²) in [6.07, 6.45) is 6.93. The van der Waals surface area contributed by atoms with E-state index in [-0.39, 0.29) is 5.92 Å². The van der Waals surface area contributed by atoms with E-state index >= 15 is 0 Å². The maximum atomic E-state index is 6.45. The number of hydrogen-bond donors (Lipinski definition) is 1. The molecule has 31 heavy (non-hydrogen) atoms. The van der Waals surface area contributed by atoms with E-state index in [1.165, 1.54) is 12.8 Å². The van der Waals surface area contributed by atoms with E-state index in [2.05, 4.69) is 47.6 Å². The van der Waals surface area contributed by atoms with Crippen LogP contribution in [-0.2, 0) is 0 Å². The lowest BCUT2D eigenvalue weighted by atomic mass is 9.91. The van der Waals surface area contributed by atoms with Crippen LogP contribution in [0.5, 0.6) is 11.5 Å². The van der Waals surface area contributed by atoms with Gasteiger partial charge in [0.25, 0.3) is 0 Å². The Morgan fingerprint density at radius 1 is 1.35 bits per heavy atom. The third-order valence-electron chi connectivity index (χ3n) is 5.17. The highest BCUT2D eigenvalue weighted by atomic mass is 35.5. The Labute approximate surface area is 191 Å². The van der Waals surface area contributed by atoms with E-state index in [1.54, 1.807) is 32.7 Å². The maximum absolute atomic E-state index is 6.45. The van der Waals surface area contributed by atoms with Gasteiger partial charge in [0.2, 0.25) is 0 Å². The van der Waals surface area contributed by atoms with Crippen LogP contribution in [0.1, 0.15) is 45.6 Å². The molecule has 0 radical (unpaired) electrons. The number of allylic oxidation sites excluding steroid dienone is 3. The van der Waals surface area contributed by atoms with E-state index < -0.39 is 0 Å². The van der Waals surface area contributed by atoms with Gasteiger partial charge in [-0.2, -0.15) is 0 Å². The SMILES string of the molecule is C=C(C(=NC=NCNC1CC1)/C(C#Cc1cc(OC)cc(OC)c1Cl)=C\C)C(C)CC. The summed E-state index contributed by atoms with van der Waals surface area (Å²) in [4.78, 5) is 8.97. The normalized spacial score (nSPS) is 15.4. The van der Waals surface area contributed by atoms with Crippen molar-refractivity contribution >= 4 is 23.7 Å². The Morgan fingerprint density at radius 2 is 2.10 bits per heavy atom. The van der Waals surface area contributed by atoms with Crippen molar-refractivity contribution in [2.45, 2.75) is 46.1 Å². The Balaban J connectivity index is 2.35. The van der Waals surface area contributed by atoms with Crippen molar-refractivity contribution in [2.75, 3.05) is 20.9 Å². The zero-order chi connectivity index (χ0) is 22.8. The first-order valence-corrected chi connectivity index (χ1v) is 10.9. The van der Waals surface area contributed by atoms with E-state index in [1.807, 2.05) is 13.0 Å². The number of ether oxygens (including phenoxy) is 2. The Hall–Kier alpha value is -2.55. The van der Waals surface area contributed by atoms with Crippen LogP contribution in [0.15, 0.2) is 45.9 Å². The van der Waals surface area contributed by atoms with Crippen molar-refractivity contribution in [3.63, 3.8) is 0 Å². The Bertz CT molecular complexity index is 934. The average molecular weight is 442 g/mol. The number of aliphatic imine (C=N–C) groups is 2. The first-order chi connectivity index (χ1) is 14.9. The minimum absolute atomic E-state index is 0.272. The molecule has 1 atom stereocenters. The van der Waals surface area contributed by atoms with Gasteiger partial charge in [0.15, 0.2) is 0 Å². The van der Waals surface area contributed by atoms with Crippen LogP contribution in [0.25, 0.3) is 0 Å². The lowest BCUT2D eigenvalue weighted by Gasteiger charge is -2.14. The molecule has 0 aromatic heterocycles. The van der Waals surface area contributed by atoms with Crippen molar-refractivity contribution in [2.24, 2.45) is 15.9 Å². The van der Waals surface area contributed by atoms with Crippen molar-refractivity contribution in [3.8, 4) is 23.3 Å². The Morgan fingerprint density at radius 3 is 2.68 bits per heavy atom. The van der Waals surface area contributed by atoms with Crippen molar-refractivity contribution in [1.29, 1.82) is 0 Å². The second-order valence-electron chi connectivity index (χ2n) is 7.39. The lowest BCUT2D eigenvalue weighted by molar-refractivity contribution is 0.394. The van der Waals surface area contributed by atoms with Crippen molar-refractivity contribution < 1.29 is 9.47 Å². The molecule has 1 fully saturated rings. The van der Waals surface area contributed by atoms with Gasteiger partial charge in [-0.15, -0.1) is 0 Å². The summed E-state index contributed by atoms with van der Waals surface area (Å²) in [6, 6.07) is 4.13. The van der Waals surface area contributed by atoms with Crippen LogP contribution in [0.4, 0.5) is 0 Å². The summed E-state index contributed by atoms with van der Waals surface area (Å²) in [6.45, 7) is 11.0. The molecule has 1 N–H and O–H groups in total. The molecule has 0 aliphatic heterocycles. The summed E-state index contributed by atoms with van der Waals surface area (Å²) >= 11 is 6.45. The van der Waals surface area contributed by atoms with Gasteiger partial charge in [0.05, 0.1) is 37.2 Å². The predicted molar refractivity (Wildman–Crippen MR) is 131 cm³/mol. The number of rotatable bonds is 10. The molecule has 0 saturated heterocycles. The molecule has 166 valence electrons. The fraction of sp³-hybridized carbons (Fsp3) is 0.440. The van der Waals surface area contributed by atoms with Crippen LogP contribution in [0, 0.1) is 17.8 Å². The van der Waals surface area contributed by atoms with Crippen LogP contribution in [-0.4, -0.2) is 39.0 Å². The lowest BCUT2D eigenvalue weighted by Crippen LogP contribution is -2.16. The summed E-state index contributed by atoms with van der Waals surface area (Å²) in [5, 5.41) is 3.78. The second-order valence-corrected chi connectivity index (χ2v) is 7.77. The fourth-order valence-electron chi connectivity index (χ4n) is 2.75. The van der Waals surface area contributed by atoms with Gasteiger partial charge in [0, 0.05) is 17.7 Å². The van der Waals surface area contributed by atoms with Crippen molar-refractivity contribution in [1.82, 2.24) is 5.32 Å². The van der Waals surface area contributed by atoms with Gasteiger partial charge in [-0.25, -0.2) is 4.99 Å². The highest BCUT2D eigenvalue weighted by molar-refractivity contribution is 6.33. The molecule has 0 bridgehead atoms. The zero-order valence-corrected chi connectivity index (χ0v) is 19.8. The molecule has 0 amide bonds. The monoisotopic (exact) mass is 441 g/mol. The van der Waals surface area contributed by atoms with E-state index in [0.29, 0.717) is 34.8 Å². The number of methoxy groups -OCH3 is 2. The minimum Gasteiger partial charge on any atom is -0.497 e. The molecule has 0 heterocycles. The quantitative estimate of drug-likeness (QED) is 0.299. The number of nitrogens with zero attached hydrogens (tertiary/aromatic N) is 2.